The predicted molar refractivity (Wildman–Crippen MR) is 182 cm³/mol. The lowest BCUT2D eigenvalue weighted by molar-refractivity contribution is -0.130. The molecule has 0 saturated carbocycles. The van der Waals surface area contributed by atoms with Crippen molar-refractivity contribution in [1.29, 1.82) is 0 Å². The Morgan fingerprint density at radius 3 is 2.30 bits per heavy atom. The Kier molecular flexibility index (Phi) is 11.8. The molecule has 240 valence electrons. The van der Waals surface area contributed by atoms with Crippen LogP contribution in [0.4, 0.5) is 10.5 Å². The molecule has 4 aromatic rings. The summed E-state index contributed by atoms with van der Waals surface area (Å²) in [4.78, 5) is 29.7. The molecule has 1 aliphatic rings. The first kappa shape index (κ1) is 32.7. The number of carbonyl (C=O) groups is 2. The molecule has 0 unspecified atom stereocenters. The summed E-state index contributed by atoms with van der Waals surface area (Å²) >= 11 is 0. The molecule has 1 saturated heterocycles. The minimum atomic E-state index is -0.427. The molecule has 4 aromatic carbocycles. The van der Waals surface area contributed by atoms with Gasteiger partial charge < -0.3 is 25.0 Å². The molecule has 1 fully saturated rings. The number of carbonyl (C=O) groups excluding carboxylic acids is 2. The van der Waals surface area contributed by atoms with Crippen molar-refractivity contribution in [3.8, 4) is 16.9 Å². The summed E-state index contributed by atoms with van der Waals surface area (Å²) in [5.74, 6) is 0.418. The van der Waals surface area contributed by atoms with E-state index in [1.807, 2.05) is 78.7 Å². The van der Waals surface area contributed by atoms with Crippen molar-refractivity contribution in [2.45, 2.75) is 44.9 Å². The third-order valence-corrected chi connectivity index (χ3v) is 8.45. The summed E-state index contributed by atoms with van der Waals surface area (Å²) < 4.78 is 5.77. The van der Waals surface area contributed by atoms with Crippen molar-refractivity contribution in [3.63, 3.8) is 0 Å². The zero-order valence-electron chi connectivity index (χ0n) is 26.5. The van der Waals surface area contributed by atoms with Crippen molar-refractivity contribution >= 4 is 17.7 Å². The van der Waals surface area contributed by atoms with Crippen LogP contribution in [-0.4, -0.2) is 66.2 Å². The smallest absolute Gasteiger partial charge is 0.411 e. The summed E-state index contributed by atoms with van der Waals surface area (Å²) in [6.45, 7) is 4.55. The van der Waals surface area contributed by atoms with Crippen LogP contribution in [0.25, 0.3) is 11.1 Å². The van der Waals surface area contributed by atoms with Crippen molar-refractivity contribution in [3.05, 3.63) is 120 Å². The van der Waals surface area contributed by atoms with E-state index in [-0.39, 0.29) is 17.8 Å². The predicted octanol–water partition coefficient (Wildman–Crippen LogP) is 6.45. The summed E-state index contributed by atoms with van der Waals surface area (Å²) in [6.07, 6.45) is 2.17. The third-order valence-electron chi connectivity index (χ3n) is 8.45. The Bertz CT molecular complexity index is 1550. The molecule has 0 radical (unpaired) electrons. The number of nitrogens with zero attached hydrogens (tertiary/aromatic N) is 2. The summed E-state index contributed by atoms with van der Waals surface area (Å²) in [5.41, 5.74) is 6.09. The van der Waals surface area contributed by atoms with E-state index in [0.717, 1.165) is 67.0 Å². The van der Waals surface area contributed by atoms with Crippen LogP contribution < -0.4 is 10.6 Å². The number of aryl methyl sites for hydroxylation is 1. The fourth-order valence-electron chi connectivity index (χ4n) is 5.70. The van der Waals surface area contributed by atoms with Crippen LogP contribution in [0, 0.1) is 0 Å². The highest BCUT2D eigenvalue weighted by Gasteiger charge is 2.23. The van der Waals surface area contributed by atoms with Crippen LogP contribution >= 0.6 is 0 Å². The normalized spacial score (nSPS) is 13.7. The number of likely N-dealkylation sites (N-methyl/N-ethyl adjacent to an activating group) is 1. The van der Waals surface area contributed by atoms with E-state index in [2.05, 4.69) is 39.8 Å². The Labute approximate surface area is 272 Å². The van der Waals surface area contributed by atoms with E-state index in [1.165, 1.54) is 5.56 Å². The number of benzene rings is 4. The average molecular weight is 621 g/mol. The molecular formula is C38H44N4O4. The number of hydrogen-bond donors (Lipinski definition) is 3. The molecule has 0 aliphatic carbocycles. The number of aromatic hydroxyl groups is 1. The van der Waals surface area contributed by atoms with Gasteiger partial charge in [0.15, 0.2) is 0 Å². The number of phenolic OH excluding ortho intramolecular Hbond substituents is 1. The lowest BCUT2D eigenvalue weighted by Crippen LogP contribution is -2.42. The number of rotatable bonds is 13. The first-order valence-electron chi connectivity index (χ1n) is 16.1. The maximum atomic E-state index is 12.8. The molecule has 0 spiro atoms. The number of nitrogens with one attached hydrogen (secondary N) is 2. The lowest BCUT2D eigenvalue weighted by atomic mass is 10.0. The molecule has 46 heavy (non-hydrogen) atoms. The standard InChI is InChI=1S/C38H44N4O4/c1-41(37(44)19-18-29-14-16-30(17-15-29)27-39-28-31-8-7-11-33(43)26-31)24-25-42-22-20-34(21-23-42)46-38(45)40-36-13-6-5-12-35(36)32-9-3-2-4-10-32/h2-17,26,34,39,43H,18-25,27-28H2,1H3,(H,40,45). The first-order chi connectivity index (χ1) is 22.4. The molecule has 1 aliphatic heterocycles. The third kappa shape index (κ3) is 9.92. The largest absolute Gasteiger partial charge is 0.508 e. The second-order valence-corrected chi connectivity index (χ2v) is 11.9. The van der Waals surface area contributed by atoms with E-state index in [9.17, 15) is 14.7 Å². The lowest BCUT2D eigenvalue weighted by Gasteiger charge is -2.32. The van der Waals surface area contributed by atoms with Gasteiger partial charge in [-0.2, -0.15) is 0 Å². The Morgan fingerprint density at radius 2 is 1.54 bits per heavy atom. The van der Waals surface area contributed by atoms with Gasteiger partial charge in [-0.3, -0.25) is 10.1 Å². The molecule has 1 heterocycles. The topological polar surface area (TPSA) is 94.1 Å². The average Bonchev–Trinajstić information content (AvgIpc) is 3.08. The molecule has 3 N–H and O–H groups in total. The van der Waals surface area contributed by atoms with Crippen molar-refractivity contribution in [1.82, 2.24) is 15.1 Å². The Morgan fingerprint density at radius 1 is 0.848 bits per heavy atom. The van der Waals surface area contributed by atoms with Crippen LogP contribution in [0.2, 0.25) is 0 Å². The number of para-hydroxylation sites is 1. The van der Waals surface area contributed by atoms with E-state index < -0.39 is 6.09 Å². The molecule has 0 bridgehead atoms. The van der Waals surface area contributed by atoms with Gasteiger partial charge in [0, 0.05) is 58.3 Å². The highest BCUT2D eigenvalue weighted by Crippen LogP contribution is 2.28. The van der Waals surface area contributed by atoms with Crippen LogP contribution in [0.3, 0.4) is 0 Å². The summed E-state index contributed by atoms with van der Waals surface area (Å²) in [6, 6.07) is 33.4. The molecule has 0 aromatic heterocycles. The van der Waals surface area contributed by atoms with Crippen LogP contribution in [-0.2, 0) is 29.0 Å². The van der Waals surface area contributed by atoms with Gasteiger partial charge in [0.05, 0.1) is 5.69 Å². The van der Waals surface area contributed by atoms with Gasteiger partial charge in [-0.15, -0.1) is 0 Å². The Hall–Kier alpha value is -4.66. The number of anilines is 1. The zero-order valence-corrected chi connectivity index (χ0v) is 26.5. The van der Waals surface area contributed by atoms with Gasteiger partial charge in [-0.1, -0.05) is 84.9 Å². The SMILES string of the molecule is CN(CCN1CCC(OC(=O)Nc2ccccc2-c2ccccc2)CC1)C(=O)CCc1ccc(CNCc2cccc(O)c2)cc1. The van der Waals surface area contributed by atoms with Gasteiger partial charge >= 0.3 is 6.09 Å². The quantitative estimate of drug-likeness (QED) is 0.159. The fraction of sp³-hybridized carbons (Fsp3) is 0.316. The minimum absolute atomic E-state index is 0.125. The second kappa shape index (κ2) is 16.6. The van der Waals surface area contributed by atoms with Crippen molar-refractivity contribution < 1.29 is 19.4 Å². The number of hydrogen-bond acceptors (Lipinski definition) is 6. The number of likely N-dealkylation sites (tertiary alicyclic amines) is 1. The Balaban J connectivity index is 0.962. The van der Waals surface area contributed by atoms with Crippen molar-refractivity contribution in [2.24, 2.45) is 0 Å². The van der Waals surface area contributed by atoms with Gasteiger partial charge in [0.25, 0.3) is 0 Å². The van der Waals surface area contributed by atoms with Crippen LogP contribution in [0.1, 0.15) is 36.0 Å². The van der Waals surface area contributed by atoms with Gasteiger partial charge in [-0.05, 0) is 59.7 Å². The van der Waals surface area contributed by atoms with Gasteiger partial charge in [0.1, 0.15) is 11.9 Å². The van der Waals surface area contributed by atoms with Crippen LogP contribution in [0.5, 0.6) is 5.75 Å². The fourth-order valence-corrected chi connectivity index (χ4v) is 5.70. The van der Waals surface area contributed by atoms with Gasteiger partial charge in [-0.25, -0.2) is 4.79 Å². The van der Waals surface area contributed by atoms with Gasteiger partial charge in [0.2, 0.25) is 5.91 Å². The number of phenols is 1. The summed E-state index contributed by atoms with van der Waals surface area (Å²) in [5, 5.41) is 15.9. The monoisotopic (exact) mass is 620 g/mol. The molecule has 5 rings (SSSR count). The molecule has 8 nitrogen and oxygen atoms in total. The maximum absolute atomic E-state index is 12.8. The van der Waals surface area contributed by atoms with Crippen LogP contribution in [0.15, 0.2) is 103 Å². The van der Waals surface area contributed by atoms with E-state index in [1.54, 1.807) is 12.1 Å². The first-order valence-corrected chi connectivity index (χ1v) is 16.1. The number of amides is 2. The molecule has 2 amide bonds. The minimum Gasteiger partial charge on any atom is -0.508 e. The maximum Gasteiger partial charge on any atom is 0.411 e. The molecular weight excluding hydrogens is 576 g/mol. The number of piperidine rings is 1. The van der Waals surface area contributed by atoms with E-state index in [0.29, 0.717) is 25.9 Å². The molecule has 8 heteroatoms. The van der Waals surface area contributed by atoms with E-state index in [4.69, 9.17) is 4.74 Å². The second-order valence-electron chi connectivity index (χ2n) is 11.9. The van der Waals surface area contributed by atoms with Crippen molar-refractivity contribution in [2.75, 3.05) is 38.5 Å². The highest BCUT2D eigenvalue weighted by atomic mass is 16.6. The highest BCUT2D eigenvalue weighted by molar-refractivity contribution is 5.91. The number of ether oxygens (including phenoxy) is 1. The zero-order chi connectivity index (χ0) is 32.1. The van der Waals surface area contributed by atoms with E-state index >= 15 is 0 Å². The summed E-state index contributed by atoms with van der Waals surface area (Å²) in [7, 11) is 1.87. The molecule has 0 atom stereocenters.